The minimum absolute atomic E-state index is 0.0205. The molecule has 1 fully saturated rings. The smallest absolute Gasteiger partial charge is 0.227 e. The summed E-state index contributed by atoms with van der Waals surface area (Å²) in [6.07, 6.45) is 2.64. The summed E-state index contributed by atoms with van der Waals surface area (Å²) in [7, 11) is 0. The Balaban J connectivity index is 1.82. The second kappa shape index (κ2) is 7.74. The number of hydrogen-bond acceptors (Lipinski definition) is 5. The summed E-state index contributed by atoms with van der Waals surface area (Å²) in [4.78, 5) is 12.7. The van der Waals surface area contributed by atoms with Crippen LogP contribution in [-0.2, 0) is 9.53 Å². The van der Waals surface area contributed by atoms with Gasteiger partial charge in [0.05, 0.1) is 17.8 Å². The van der Waals surface area contributed by atoms with Gasteiger partial charge in [0.1, 0.15) is 0 Å². The highest BCUT2D eigenvalue weighted by Crippen LogP contribution is 2.29. The summed E-state index contributed by atoms with van der Waals surface area (Å²) in [5, 5.41) is 15.1. The average molecular weight is 343 g/mol. The molecule has 25 heavy (non-hydrogen) atoms. The lowest BCUT2D eigenvalue weighted by atomic mass is 9.93. The standard InChI is InChI=1S/C18H25N5O2/c1-4-14-11-13(9-10-25-14)18(24)19-16-8-6-5-7-15(16)17-20-21-22-23(17)12(2)3/h5-8,12-14H,4,9-11H2,1-3H3,(H,19,24)/t13-,14+/m0/s1. The molecule has 1 aliphatic heterocycles. The molecule has 1 aliphatic rings. The number of carbonyl (C=O) groups is 1. The normalized spacial score (nSPS) is 20.6. The van der Waals surface area contributed by atoms with Crippen molar-refractivity contribution in [2.45, 2.75) is 52.2 Å². The highest BCUT2D eigenvalue weighted by molar-refractivity contribution is 5.96. The lowest BCUT2D eigenvalue weighted by molar-refractivity contribution is -0.124. The Hall–Kier alpha value is -2.28. The average Bonchev–Trinajstić information content (AvgIpc) is 3.12. The Morgan fingerprint density at radius 1 is 1.40 bits per heavy atom. The van der Waals surface area contributed by atoms with Gasteiger partial charge in [-0.3, -0.25) is 4.79 Å². The first-order valence-electron chi connectivity index (χ1n) is 8.89. The highest BCUT2D eigenvalue weighted by Gasteiger charge is 2.27. The molecule has 1 aromatic carbocycles. The van der Waals surface area contributed by atoms with E-state index in [4.69, 9.17) is 4.74 Å². The van der Waals surface area contributed by atoms with Gasteiger partial charge in [0.2, 0.25) is 5.91 Å². The Bertz CT molecular complexity index is 728. The predicted octanol–water partition coefficient (Wildman–Crippen LogP) is 3.06. The molecule has 0 radical (unpaired) electrons. The summed E-state index contributed by atoms with van der Waals surface area (Å²) >= 11 is 0. The van der Waals surface area contributed by atoms with E-state index >= 15 is 0 Å². The topological polar surface area (TPSA) is 81.9 Å². The number of rotatable bonds is 5. The molecule has 0 saturated carbocycles. The molecule has 0 aliphatic carbocycles. The maximum absolute atomic E-state index is 12.7. The fourth-order valence-electron chi connectivity index (χ4n) is 3.14. The number of carbonyl (C=O) groups excluding carboxylic acids is 1. The lowest BCUT2D eigenvalue weighted by Crippen LogP contribution is -2.33. The van der Waals surface area contributed by atoms with Gasteiger partial charge in [-0.05, 0) is 55.7 Å². The molecule has 1 N–H and O–H groups in total. The molecule has 7 heteroatoms. The van der Waals surface area contributed by atoms with E-state index in [1.165, 1.54) is 0 Å². The minimum Gasteiger partial charge on any atom is -0.378 e. The third-order valence-corrected chi connectivity index (χ3v) is 4.60. The van der Waals surface area contributed by atoms with Crippen LogP contribution in [0.2, 0.25) is 0 Å². The van der Waals surface area contributed by atoms with Crippen molar-refractivity contribution in [3.05, 3.63) is 24.3 Å². The number of tetrazole rings is 1. The molecular formula is C18H25N5O2. The van der Waals surface area contributed by atoms with Crippen LogP contribution in [0.1, 0.15) is 46.1 Å². The van der Waals surface area contributed by atoms with Crippen LogP contribution in [0.4, 0.5) is 5.69 Å². The monoisotopic (exact) mass is 343 g/mol. The van der Waals surface area contributed by atoms with Crippen molar-refractivity contribution in [1.29, 1.82) is 0 Å². The van der Waals surface area contributed by atoms with Gasteiger partial charge in [-0.25, -0.2) is 4.68 Å². The number of benzene rings is 1. The van der Waals surface area contributed by atoms with Crippen LogP contribution < -0.4 is 5.32 Å². The van der Waals surface area contributed by atoms with E-state index in [0.717, 1.165) is 30.5 Å². The van der Waals surface area contributed by atoms with Gasteiger partial charge < -0.3 is 10.1 Å². The molecule has 3 rings (SSSR count). The van der Waals surface area contributed by atoms with Crippen molar-refractivity contribution in [3.63, 3.8) is 0 Å². The molecule has 7 nitrogen and oxygen atoms in total. The van der Waals surface area contributed by atoms with Crippen molar-refractivity contribution in [2.24, 2.45) is 5.92 Å². The van der Waals surface area contributed by atoms with Crippen LogP contribution in [0, 0.1) is 5.92 Å². The van der Waals surface area contributed by atoms with Crippen molar-refractivity contribution < 1.29 is 9.53 Å². The zero-order chi connectivity index (χ0) is 17.8. The Kier molecular flexibility index (Phi) is 5.43. The van der Waals surface area contributed by atoms with Gasteiger partial charge in [-0.2, -0.15) is 0 Å². The van der Waals surface area contributed by atoms with E-state index in [1.807, 2.05) is 38.1 Å². The molecule has 1 amide bonds. The van der Waals surface area contributed by atoms with Gasteiger partial charge in [-0.1, -0.05) is 19.1 Å². The molecule has 2 atom stereocenters. The molecule has 1 aromatic heterocycles. The van der Waals surface area contributed by atoms with Gasteiger partial charge in [0, 0.05) is 18.1 Å². The first kappa shape index (κ1) is 17.5. The van der Waals surface area contributed by atoms with Gasteiger partial charge in [-0.15, -0.1) is 5.10 Å². The summed E-state index contributed by atoms with van der Waals surface area (Å²) < 4.78 is 7.43. The van der Waals surface area contributed by atoms with Gasteiger partial charge >= 0.3 is 0 Å². The molecule has 0 spiro atoms. The summed E-state index contributed by atoms with van der Waals surface area (Å²) in [6, 6.07) is 7.78. The summed E-state index contributed by atoms with van der Waals surface area (Å²) in [5.41, 5.74) is 1.57. The number of amides is 1. The van der Waals surface area contributed by atoms with E-state index in [-0.39, 0.29) is 24.0 Å². The number of aromatic nitrogens is 4. The van der Waals surface area contributed by atoms with Crippen LogP contribution in [0.5, 0.6) is 0 Å². The Morgan fingerprint density at radius 2 is 2.20 bits per heavy atom. The van der Waals surface area contributed by atoms with E-state index in [0.29, 0.717) is 12.4 Å². The third-order valence-electron chi connectivity index (χ3n) is 4.60. The van der Waals surface area contributed by atoms with Crippen molar-refractivity contribution in [3.8, 4) is 11.4 Å². The van der Waals surface area contributed by atoms with E-state index in [9.17, 15) is 4.79 Å². The second-order valence-electron chi connectivity index (χ2n) is 6.70. The quantitative estimate of drug-likeness (QED) is 0.902. The minimum atomic E-state index is -0.0205. The molecule has 2 aromatic rings. The molecule has 0 unspecified atom stereocenters. The predicted molar refractivity (Wildman–Crippen MR) is 95.0 cm³/mol. The molecule has 1 saturated heterocycles. The number of para-hydroxylation sites is 1. The van der Waals surface area contributed by atoms with Crippen LogP contribution in [-0.4, -0.2) is 38.8 Å². The number of anilines is 1. The largest absolute Gasteiger partial charge is 0.378 e. The number of nitrogens with one attached hydrogen (secondary N) is 1. The first-order valence-corrected chi connectivity index (χ1v) is 8.89. The number of ether oxygens (including phenoxy) is 1. The van der Waals surface area contributed by atoms with Crippen LogP contribution >= 0.6 is 0 Å². The summed E-state index contributed by atoms with van der Waals surface area (Å²) in [5.74, 6) is 0.676. The zero-order valence-electron chi connectivity index (χ0n) is 15.0. The summed E-state index contributed by atoms with van der Waals surface area (Å²) in [6.45, 7) is 6.78. The fraction of sp³-hybridized carbons (Fsp3) is 0.556. The van der Waals surface area contributed by atoms with Gasteiger partial charge in [0.15, 0.2) is 5.82 Å². The fourth-order valence-corrected chi connectivity index (χ4v) is 3.14. The van der Waals surface area contributed by atoms with E-state index < -0.39 is 0 Å². The molecule has 134 valence electrons. The molecular weight excluding hydrogens is 318 g/mol. The maximum Gasteiger partial charge on any atom is 0.227 e. The zero-order valence-corrected chi connectivity index (χ0v) is 15.0. The SMILES string of the molecule is CC[C@@H]1C[C@@H](C(=O)Nc2ccccc2-c2nnnn2C(C)C)CCO1. The van der Waals surface area contributed by atoms with Crippen molar-refractivity contribution in [1.82, 2.24) is 20.2 Å². The highest BCUT2D eigenvalue weighted by atomic mass is 16.5. The van der Waals surface area contributed by atoms with Crippen molar-refractivity contribution in [2.75, 3.05) is 11.9 Å². The number of nitrogens with zero attached hydrogens (tertiary/aromatic N) is 4. The van der Waals surface area contributed by atoms with Crippen LogP contribution in [0.15, 0.2) is 24.3 Å². The Morgan fingerprint density at radius 3 is 2.96 bits per heavy atom. The van der Waals surface area contributed by atoms with E-state index in [1.54, 1.807) is 4.68 Å². The molecule has 0 bridgehead atoms. The number of hydrogen-bond donors (Lipinski definition) is 1. The van der Waals surface area contributed by atoms with Gasteiger partial charge in [0.25, 0.3) is 0 Å². The van der Waals surface area contributed by atoms with E-state index in [2.05, 4.69) is 27.8 Å². The lowest BCUT2D eigenvalue weighted by Gasteiger charge is -2.28. The molecule has 2 heterocycles. The third kappa shape index (κ3) is 3.87. The van der Waals surface area contributed by atoms with Crippen LogP contribution in [0.25, 0.3) is 11.4 Å². The second-order valence-corrected chi connectivity index (χ2v) is 6.70. The van der Waals surface area contributed by atoms with Crippen molar-refractivity contribution >= 4 is 11.6 Å². The Labute approximate surface area is 147 Å². The maximum atomic E-state index is 12.7. The van der Waals surface area contributed by atoms with Crippen LogP contribution in [0.3, 0.4) is 0 Å². The first-order chi connectivity index (χ1) is 12.1.